The van der Waals surface area contributed by atoms with Gasteiger partial charge < -0.3 is 9.79 Å². The number of hydrogen-bond acceptors (Lipinski definition) is 1. The molecule has 4 heteroatoms. The zero-order chi connectivity index (χ0) is 20.9. The molecule has 0 unspecified atom stereocenters. The molecule has 162 valence electrons. The van der Waals surface area contributed by atoms with Gasteiger partial charge in [0, 0.05) is 0 Å². The van der Waals surface area contributed by atoms with E-state index in [1.165, 1.54) is 95.5 Å². The third-order valence-corrected chi connectivity index (χ3v) is 4.87. The number of unbranched alkanes of at least 4 members (excludes halogenated alkanes) is 10. The highest BCUT2D eigenvalue weighted by atomic mass is 31.1. The molecule has 2 N–H and O–H groups in total. The van der Waals surface area contributed by atoms with Crippen LogP contribution in [0.1, 0.15) is 109 Å². The second kappa shape index (κ2) is 20.8. The van der Waals surface area contributed by atoms with E-state index in [2.05, 4.69) is 50.3 Å². The first-order valence-electron chi connectivity index (χ1n) is 11.3. The summed E-state index contributed by atoms with van der Waals surface area (Å²) in [5, 5.41) is 0. The lowest BCUT2D eigenvalue weighted by molar-refractivity contribution is 0.405. The van der Waals surface area contributed by atoms with Crippen LogP contribution in [0.3, 0.4) is 0 Å². The minimum absolute atomic E-state index is 1.30. The first-order valence-corrected chi connectivity index (χ1v) is 12.6. The minimum atomic E-state index is -3.13. The van der Waals surface area contributed by atoms with Crippen LogP contribution in [0.2, 0.25) is 0 Å². The van der Waals surface area contributed by atoms with Crippen LogP contribution in [0, 0.1) is 0 Å². The summed E-state index contributed by atoms with van der Waals surface area (Å²) in [6, 6.07) is 10.9. The molecular formula is C24H43O3P. The Balaban J connectivity index is 0.00000165. The quantitative estimate of drug-likeness (QED) is 0.228. The molecule has 0 aliphatic carbocycles. The van der Waals surface area contributed by atoms with Gasteiger partial charge in [0.1, 0.15) is 0 Å². The van der Waals surface area contributed by atoms with Gasteiger partial charge in [0.25, 0.3) is 0 Å². The largest absolute Gasteiger partial charge is 0.326 e. The molecule has 0 saturated heterocycles. The molecule has 0 bridgehead atoms. The predicted molar refractivity (Wildman–Crippen MR) is 124 cm³/mol. The fourth-order valence-corrected chi connectivity index (χ4v) is 3.32. The van der Waals surface area contributed by atoms with E-state index in [1.807, 2.05) is 0 Å². The molecule has 28 heavy (non-hydrogen) atoms. The highest BCUT2D eigenvalue weighted by Gasteiger charge is 2.00. The Morgan fingerprint density at radius 3 is 1.57 bits per heavy atom. The molecule has 0 saturated carbocycles. The molecule has 0 radical (unpaired) electrons. The van der Waals surface area contributed by atoms with Crippen molar-refractivity contribution in [1.82, 2.24) is 0 Å². The lowest BCUT2D eigenvalue weighted by Gasteiger charge is -2.09. The van der Waals surface area contributed by atoms with Crippen LogP contribution in [0.25, 0.3) is 6.08 Å². The lowest BCUT2D eigenvalue weighted by atomic mass is 9.97. The zero-order valence-corrected chi connectivity index (χ0v) is 19.2. The molecular weight excluding hydrogens is 367 g/mol. The number of allylic oxidation sites excluding steroid dienone is 1. The van der Waals surface area contributed by atoms with E-state index >= 15 is 0 Å². The Morgan fingerprint density at radius 2 is 1.14 bits per heavy atom. The summed E-state index contributed by atoms with van der Waals surface area (Å²) in [6.45, 7) is 4.59. The molecule has 1 aromatic rings. The third kappa shape index (κ3) is 19.9. The summed E-state index contributed by atoms with van der Waals surface area (Å²) >= 11 is 0. The molecule has 0 amide bonds. The first-order chi connectivity index (χ1) is 13.6. The van der Waals surface area contributed by atoms with Gasteiger partial charge in [-0.1, -0.05) is 120 Å². The standard InChI is InChI=1S/C24H40.H3O3P/c1-3-5-7-9-11-14-18-23(19-15-12-10-8-6-4-2)22-24-20-16-13-17-21-24;1-4(2)3/h13,16-17,20-22H,3-12,14-15,18-19H2,1-2H3;4H,(H2,1,2,3). The second-order valence-electron chi connectivity index (χ2n) is 7.53. The van der Waals surface area contributed by atoms with E-state index in [4.69, 9.17) is 14.4 Å². The van der Waals surface area contributed by atoms with Crippen LogP contribution in [0.5, 0.6) is 0 Å². The summed E-state index contributed by atoms with van der Waals surface area (Å²) in [4.78, 5) is 14.3. The number of benzene rings is 1. The van der Waals surface area contributed by atoms with Crippen molar-refractivity contribution >= 4 is 14.3 Å². The molecule has 0 heterocycles. The number of hydrogen-bond donors (Lipinski definition) is 2. The molecule has 0 aromatic heterocycles. The second-order valence-corrected chi connectivity index (χ2v) is 8.10. The summed E-state index contributed by atoms with van der Waals surface area (Å²) in [5.41, 5.74) is 3.05. The Bertz CT molecular complexity index is 478. The fourth-order valence-electron chi connectivity index (χ4n) is 3.32. The van der Waals surface area contributed by atoms with Gasteiger partial charge in [0.2, 0.25) is 0 Å². The van der Waals surface area contributed by atoms with Gasteiger partial charge in [-0.2, -0.15) is 0 Å². The molecule has 0 spiro atoms. The van der Waals surface area contributed by atoms with E-state index in [1.54, 1.807) is 5.57 Å². The Kier molecular flexibility index (Phi) is 20.2. The van der Waals surface area contributed by atoms with Crippen molar-refractivity contribution in [3.8, 4) is 0 Å². The average molecular weight is 411 g/mol. The normalized spacial score (nSPS) is 10.5. The van der Waals surface area contributed by atoms with Crippen molar-refractivity contribution in [3.63, 3.8) is 0 Å². The third-order valence-electron chi connectivity index (χ3n) is 4.87. The minimum Gasteiger partial charge on any atom is -0.326 e. The Labute approximate surface area is 174 Å². The molecule has 1 rings (SSSR count). The van der Waals surface area contributed by atoms with E-state index in [0.29, 0.717) is 0 Å². The van der Waals surface area contributed by atoms with Gasteiger partial charge in [0.05, 0.1) is 0 Å². The van der Waals surface area contributed by atoms with E-state index in [0.717, 1.165) is 0 Å². The van der Waals surface area contributed by atoms with Crippen molar-refractivity contribution < 1.29 is 14.4 Å². The summed E-state index contributed by atoms with van der Waals surface area (Å²) in [6.07, 6.45) is 21.8. The van der Waals surface area contributed by atoms with Crippen molar-refractivity contribution in [2.75, 3.05) is 0 Å². The van der Waals surface area contributed by atoms with Crippen LogP contribution in [-0.2, 0) is 4.57 Å². The highest BCUT2D eigenvalue weighted by molar-refractivity contribution is 7.30. The first kappa shape index (κ1) is 27.1. The van der Waals surface area contributed by atoms with Crippen molar-refractivity contribution in [2.24, 2.45) is 0 Å². The maximum atomic E-state index is 8.74. The summed E-state index contributed by atoms with van der Waals surface area (Å²) in [7, 11) is -3.13. The predicted octanol–water partition coefficient (Wildman–Crippen LogP) is 7.93. The van der Waals surface area contributed by atoms with Crippen molar-refractivity contribution in [3.05, 3.63) is 41.5 Å². The summed E-state index contributed by atoms with van der Waals surface area (Å²) in [5.74, 6) is 0. The van der Waals surface area contributed by atoms with Crippen molar-refractivity contribution in [2.45, 2.75) is 104 Å². The zero-order valence-electron chi connectivity index (χ0n) is 18.2. The number of rotatable bonds is 15. The Hall–Kier alpha value is -0.890. The molecule has 0 atom stereocenters. The SMILES string of the molecule is CCCCCCCCC(=Cc1ccccc1)CCCCCCCC.O=[PH](O)O. The molecule has 3 nitrogen and oxygen atoms in total. The molecule has 0 fully saturated rings. The maximum Gasteiger partial charge on any atom is 0.314 e. The molecule has 0 aliphatic heterocycles. The van der Waals surface area contributed by atoms with E-state index in [9.17, 15) is 0 Å². The van der Waals surface area contributed by atoms with Gasteiger partial charge in [0.15, 0.2) is 0 Å². The van der Waals surface area contributed by atoms with Gasteiger partial charge in [-0.05, 0) is 31.2 Å². The molecule has 0 aliphatic rings. The van der Waals surface area contributed by atoms with Crippen LogP contribution in [0.4, 0.5) is 0 Å². The molecule has 1 aromatic carbocycles. The van der Waals surface area contributed by atoms with Gasteiger partial charge in [-0.15, -0.1) is 0 Å². The maximum absolute atomic E-state index is 8.74. The van der Waals surface area contributed by atoms with Crippen LogP contribution < -0.4 is 0 Å². The highest BCUT2D eigenvalue weighted by Crippen LogP contribution is 2.21. The summed E-state index contributed by atoms with van der Waals surface area (Å²) < 4.78 is 8.74. The van der Waals surface area contributed by atoms with Gasteiger partial charge in [-0.25, -0.2) is 0 Å². The van der Waals surface area contributed by atoms with Crippen molar-refractivity contribution in [1.29, 1.82) is 0 Å². The average Bonchev–Trinajstić information content (AvgIpc) is 2.67. The lowest BCUT2D eigenvalue weighted by Crippen LogP contribution is -1.88. The van der Waals surface area contributed by atoms with E-state index < -0.39 is 8.25 Å². The van der Waals surface area contributed by atoms with Gasteiger partial charge in [-0.3, -0.25) is 4.57 Å². The fraction of sp³-hybridized carbons (Fsp3) is 0.667. The Morgan fingerprint density at radius 1 is 0.750 bits per heavy atom. The monoisotopic (exact) mass is 410 g/mol. The van der Waals surface area contributed by atoms with Crippen LogP contribution in [0.15, 0.2) is 35.9 Å². The van der Waals surface area contributed by atoms with Crippen LogP contribution in [-0.4, -0.2) is 9.79 Å². The van der Waals surface area contributed by atoms with Crippen LogP contribution >= 0.6 is 8.25 Å². The topological polar surface area (TPSA) is 57.5 Å². The van der Waals surface area contributed by atoms with E-state index in [-0.39, 0.29) is 0 Å². The van der Waals surface area contributed by atoms with Gasteiger partial charge >= 0.3 is 8.25 Å². The smallest absolute Gasteiger partial charge is 0.314 e.